The number of anilines is 1. The van der Waals surface area contributed by atoms with Crippen LogP contribution < -0.4 is 10.6 Å². The number of para-hydroxylation sites is 1. The molecule has 0 bridgehead atoms. The van der Waals surface area contributed by atoms with Gasteiger partial charge in [0.15, 0.2) is 12.4 Å². The number of nitrogens with zero attached hydrogens (tertiary/aromatic N) is 2. The molecule has 3 aromatic rings. The van der Waals surface area contributed by atoms with E-state index in [9.17, 15) is 14.4 Å². The minimum absolute atomic E-state index is 0.0687. The zero-order valence-electron chi connectivity index (χ0n) is 15.8. The van der Waals surface area contributed by atoms with E-state index >= 15 is 0 Å². The highest BCUT2D eigenvalue weighted by Gasteiger charge is 2.13. The average Bonchev–Trinajstić information content (AvgIpc) is 3.37. The molecule has 3 rings (SSSR count). The lowest BCUT2D eigenvalue weighted by atomic mass is 10.3. The average molecular weight is 396 g/mol. The van der Waals surface area contributed by atoms with Gasteiger partial charge in [0, 0.05) is 12.6 Å². The van der Waals surface area contributed by atoms with Gasteiger partial charge in [-0.2, -0.15) is 5.10 Å². The van der Waals surface area contributed by atoms with E-state index < -0.39 is 24.4 Å². The van der Waals surface area contributed by atoms with Gasteiger partial charge in [-0.1, -0.05) is 18.2 Å². The second-order valence-corrected chi connectivity index (χ2v) is 6.11. The van der Waals surface area contributed by atoms with Gasteiger partial charge in [-0.15, -0.1) is 0 Å². The molecule has 0 aliphatic heterocycles. The van der Waals surface area contributed by atoms with Gasteiger partial charge in [0.1, 0.15) is 5.82 Å². The van der Waals surface area contributed by atoms with Crippen LogP contribution in [0.15, 0.2) is 59.2 Å². The number of hydrogen-bond donors (Lipinski definition) is 2. The fourth-order valence-corrected chi connectivity index (χ4v) is 2.52. The van der Waals surface area contributed by atoms with Crippen LogP contribution in [0, 0.1) is 6.92 Å². The molecule has 0 fully saturated rings. The third-order valence-electron chi connectivity index (χ3n) is 3.82. The smallest absolute Gasteiger partial charge is 0.308 e. The van der Waals surface area contributed by atoms with E-state index in [2.05, 4.69) is 15.7 Å². The molecule has 0 atom stereocenters. The number of amides is 2. The highest BCUT2D eigenvalue weighted by Crippen LogP contribution is 2.16. The SMILES string of the molecule is Cc1cc(NC(=O)COC(=O)CCNC(=O)c2ccco2)n(-c2ccccc2)n1. The number of rotatable bonds is 8. The Bertz CT molecular complexity index is 980. The lowest BCUT2D eigenvalue weighted by Gasteiger charge is -2.09. The van der Waals surface area contributed by atoms with Gasteiger partial charge in [-0.3, -0.25) is 14.4 Å². The van der Waals surface area contributed by atoms with E-state index in [1.807, 2.05) is 37.3 Å². The number of carbonyl (C=O) groups is 3. The maximum atomic E-state index is 12.1. The number of benzene rings is 1. The monoisotopic (exact) mass is 396 g/mol. The van der Waals surface area contributed by atoms with Gasteiger partial charge < -0.3 is 19.8 Å². The molecule has 150 valence electrons. The van der Waals surface area contributed by atoms with Gasteiger partial charge in [0.25, 0.3) is 11.8 Å². The van der Waals surface area contributed by atoms with Crippen molar-refractivity contribution in [3.8, 4) is 5.69 Å². The summed E-state index contributed by atoms with van der Waals surface area (Å²) in [6, 6.07) is 14.2. The first-order valence-electron chi connectivity index (χ1n) is 8.92. The summed E-state index contributed by atoms with van der Waals surface area (Å²) >= 11 is 0. The largest absolute Gasteiger partial charge is 0.459 e. The van der Waals surface area contributed by atoms with Crippen LogP contribution in [0.3, 0.4) is 0 Å². The van der Waals surface area contributed by atoms with Crippen molar-refractivity contribution in [2.75, 3.05) is 18.5 Å². The Labute approximate surface area is 166 Å². The fraction of sp³-hybridized carbons (Fsp3) is 0.200. The summed E-state index contributed by atoms with van der Waals surface area (Å²) < 4.78 is 11.5. The van der Waals surface area contributed by atoms with Crippen LogP contribution in [0.25, 0.3) is 5.69 Å². The predicted molar refractivity (Wildman–Crippen MR) is 104 cm³/mol. The van der Waals surface area contributed by atoms with Crippen LogP contribution >= 0.6 is 0 Å². The molecule has 2 N–H and O–H groups in total. The molecule has 0 unspecified atom stereocenters. The quantitative estimate of drug-likeness (QED) is 0.563. The van der Waals surface area contributed by atoms with Gasteiger partial charge in [-0.05, 0) is 31.2 Å². The fourth-order valence-electron chi connectivity index (χ4n) is 2.52. The molecule has 0 spiro atoms. The first-order valence-corrected chi connectivity index (χ1v) is 8.92. The summed E-state index contributed by atoms with van der Waals surface area (Å²) in [7, 11) is 0. The van der Waals surface area contributed by atoms with E-state index in [0.29, 0.717) is 5.82 Å². The number of ether oxygens (including phenoxy) is 1. The maximum Gasteiger partial charge on any atom is 0.308 e. The molecule has 0 saturated heterocycles. The van der Waals surface area contributed by atoms with Crippen LogP contribution in [0.1, 0.15) is 22.7 Å². The minimum atomic E-state index is -0.604. The molecular formula is C20H20N4O5. The van der Waals surface area contributed by atoms with Crippen molar-refractivity contribution in [2.45, 2.75) is 13.3 Å². The Hall–Kier alpha value is -3.88. The Morgan fingerprint density at radius 2 is 1.93 bits per heavy atom. The molecular weight excluding hydrogens is 376 g/mol. The Kier molecular flexibility index (Phi) is 6.41. The molecule has 0 aliphatic rings. The van der Waals surface area contributed by atoms with Crippen molar-refractivity contribution < 1.29 is 23.5 Å². The summed E-state index contributed by atoms with van der Waals surface area (Å²) in [5.41, 5.74) is 1.52. The summed E-state index contributed by atoms with van der Waals surface area (Å²) in [5.74, 6) is -0.892. The molecule has 9 nitrogen and oxygen atoms in total. The van der Waals surface area contributed by atoms with E-state index in [1.54, 1.807) is 16.8 Å². The lowest BCUT2D eigenvalue weighted by Crippen LogP contribution is -2.27. The number of aryl methyl sites for hydroxylation is 1. The van der Waals surface area contributed by atoms with E-state index in [0.717, 1.165) is 11.4 Å². The summed E-state index contributed by atoms with van der Waals surface area (Å²) in [6.45, 7) is 1.44. The van der Waals surface area contributed by atoms with Crippen LogP contribution in [0.4, 0.5) is 5.82 Å². The van der Waals surface area contributed by atoms with Crippen LogP contribution in [0.5, 0.6) is 0 Å². The van der Waals surface area contributed by atoms with Crippen molar-refractivity contribution in [1.82, 2.24) is 15.1 Å². The molecule has 9 heteroatoms. The second kappa shape index (κ2) is 9.36. The number of furan rings is 1. The lowest BCUT2D eigenvalue weighted by molar-refractivity contribution is -0.147. The number of carbonyl (C=O) groups excluding carboxylic acids is 3. The van der Waals surface area contributed by atoms with Crippen LogP contribution in [0.2, 0.25) is 0 Å². The van der Waals surface area contributed by atoms with E-state index in [1.165, 1.54) is 12.3 Å². The minimum Gasteiger partial charge on any atom is -0.459 e. The first kappa shape index (κ1) is 19.9. The normalized spacial score (nSPS) is 10.4. The summed E-state index contributed by atoms with van der Waals surface area (Å²) in [4.78, 5) is 35.6. The zero-order valence-corrected chi connectivity index (χ0v) is 15.8. The number of hydrogen-bond acceptors (Lipinski definition) is 6. The third-order valence-corrected chi connectivity index (χ3v) is 3.82. The Morgan fingerprint density at radius 3 is 2.66 bits per heavy atom. The Morgan fingerprint density at radius 1 is 1.14 bits per heavy atom. The molecule has 2 heterocycles. The topological polar surface area (TPSA) is 115 Å². The molecule has 2 aromatic heterocycles. The van der Waals surface area contributed by atoms with Gasteiger partial charge in [0.2, 0.25) is 0 Å². The van der Waals surface area contributed by atoms with Gasteiger partial charge in [0.05, 0.1) is 24.1 Å². The number of aromatic nitrogens is 2. The standard InChI is InChI=1S/C20H20N4O5/c1-14-12-17(24(23-14)15-6-3-2-4-7-15)22-18(25)13-29-19(26)9-10-21-20(27)16-8-5-11-28-16/h2-8,11-12H,9-10,13H2,1H3,(H,21,27)(H,22,25). The molecule has 0 radical (unpaired) electrons. The number of esters is 1. The maximum absolute atomic E-state index is 12.1. The highest BCUT2D eigenvalue weighted by atomic mass is 16.5. The van der Waals surface area contributed by atoms with Crippen LogP contribution in [-0.2, 0) is 14.3 Å². The molecule has 0 aliphatic carbocycles. The van der Waals surface area contributed by atoms with Crippen molar-refractivity contribution in [1.29, 1.82) is 0 Å². The molecule has 0 saturated carbocycles. The van der Waals surface area contributed by atoms with E-state index in [-0.39, 0.29) is 18.7 Å². The Balaban J connectivity index is 1.44. The molecule has 2 amide bonds. The molecule has 1 aromatic carbocycles. The van der Waals surface area contributed by atoms with Crippen molar-refractivity contribution in [2.24, 2.45) is 0 Å². The molecule has 29 heavy (non-hydrogen) atoms. The van der Waals surface area contributed by atoms with Crippen molar-refractivity contribution >= 4 is 23.6 Å². The highest BCUT2D eigenvalue weighted by molar-refractivity contribution is 5.93. The summed E-state index contributed by atoms with van der Waals surface area (Å²) in [5, 5.41) is 9.56. The first-order chi connectivity index (χ1) is 14.0. The summed E-state index contributed by atoms with van der Waals surface area (Å²) in [6.07, 6.45) is 1.31. The van der Waals surface area contributed by atoms with Gasteiger partial charge >= 0.3 is 5.97 Å². The predicted octanol–water partition coefficient (Wildman–Crippen LogP) is 2.08. The second-order valence-electron chi connectivity index (χ2n) is 6.11. The van der Waals surface area contributed by atoms with Crippen LogP contribution in [-0.4, -0.2) is 40.7 Å². The third kappa shape index (κ3) is 5.55. The zero-order chi connectivity index (χ0) is 20.6. The van der Waals surface area contributed by atoms with Gasteiger partial charge in [-0.25, -0.2) is 4.68 Å². The van der Waals surface area contributed by atoms with Crippen molar-refractivity contribution in [3.63, 3.8) is 0 Å². The number of nitrogens with one attached hydrogen (secondary N) is 2. The van der Waals surface area contributed by atoms with E-state index in [4.69, 9.17) is 9.15 Å². The van der Waals surface area contributed by atoms with Crippen molar-refractivity contribution in [3.05, 3.63) is 66.2 Å².